The molecule has 2 aromatic rings. The quantitative estimate of drug-likeness (QED) is 0.828. The molecule has 0 aliphatic rings. The van der Waals surface area contributed by atoms with Crippen LogP contribution in [0.5, 0.6) is 0 Å². The number of hydrogen-bond acceptors (Lipinski definition) is 2. The van der Waals surface area contributed by atoms with Gasteiger partial charge in [-0.05, 0) is 43.8 Å². The fourth-order valence-corrected chi connectivity index (χ4v) is 2.82. The summed E-state index contributed by atoms with van der Waals surface area (Å²) in [4.78, 5) is 4.74. The van der Waals surface area contributed by atoms with Crippen molar-refractivity contribution in [1.29, 1.82) is 0 Å². The number of pyridine rings is 1. The smallest absolute Gasteiger partial charge is 0.0884 e. The van der Waals surface area contributed by atoms with E-state index in [0.717, 1.165) is 18.5 Å². The molecule has 0 radical (unpaired) electrons. The summed E-state index contributed by atoms with van der Waals surface area (Å²) in [6.45, 7) is 5.65. The first-order chi connectivity index (χ1) is 8.20. The van der Waals surface area contributed by atoms with Gasteiger partial charge in [-0.25, -0.2) is 0 Å². The van der Waals surface area contributed by atoms with E-state index < -0.39 is 8.80 Å². The van der Waals surface area contributed by atoms with Gasteiger partial charge in [0.05, 0.1) is 14.3 Å². The van der Waals surface area contributed by atoms with Crippen molar-refractivity contribution < 1.29 is 0 Å². The molecule has 17 heavy (non-hydrogen) atoms. The Labute approximate surface area is 105 Å². The van der Waals surface area contributed by atoms with Crippen LogP contribution in [0.3, 0.4) is 0 Å². The molecular formula is C14H20N2Si. The molecule has 0 aliphatic heterocycles. The van der Waals surface area contributed by atoms with Gasteiger partial charge in [-0.3, -0.25) is 4.98 Å². The van der Waals surface area contributed by atoms with Crippen LogP contribution < -0.4 is 10.6 Å². The van der Waals surface area contributed by atoms with E-state index in [1.54, 1.807) is 0 Å². The third kappa shape index (κ3) is 2.93. The van der Waals surface area contributed by atoms with Crippen LogP contribution in [-0.4, -0.2) is 27.4 Å². The minimum absolute atomic E-state index is 0.788. The monoisotopic (exact) mass is 244 g/mol. The maximum Gasteiger partial charge on any atom is 0.0884 e. The average Bonchev–Trinajstić information content (AvgIpc) is 2.35. The molecule has 1 aromatic heterocycles. The van der Waals surface area contributed by atoms with Crippen LogP contribution in [0.1, 0.15) is 5.56 Å². The Kier molecular flexibility index (Phi) is 3.92. The second-order valence-corrected chi connectivity index (χ2v) is 7.67. The highest BCUT2D eigenvalue weighted by Gasteiger charge is 2.04. The summed E-state index contributed by atoms with van der Waals surface area (Å²) in [5.41, 5.74) is 2.51. The number of rotatable bonds is 4. The molecule has 0 saturated carbocycles. The van der Waals surface area contributed by atoms with Crippen LogP contribution >= 0.6 is 0 Å². The summed E-state index contributed by atoms with van der Waals surface area (Å²) in [5.74, 6) is 0. The van der Waals surface area contributed by atoms with Crippen molar-refractivity contribution in [2.75, 3.05) is 13.6 Å². The lowest BCUT2D eigenvalue weighted by Crippen LogP contribution is -2.25. The third-order valence-electron chi connectivity index (χ3n) is 3.03. The zero-order valence-electron chi connectivity index (χ0n) is 10.8. The zero-order chi connectivity index (χ0) is 12.3. The van der Waals surface area contributed by atoms with Gasteiger partial charge in [-0.15, -0.1) is 0 Å². The Bertz CT molecular complexity index is 509. The third-order valence-corrected chi connectivity index (χ3v) is 4.53. The van der Waals surface area contributed by atoms with Crippen LogP contribution in [-0.2, 0) is 6.42 Å². The summed E-state index contributed by atoms with van der Waals surface area (Å²) in [6, 6.07) is 11.0. The van der Waals surface area contributed by atoms with Crippen molar-refractivity contribution in [1.82, 2.24) is 10.3 Å². The highest BCUT2D eigenvalue weighted by Crippen LogP contribution is 2.13. The predicted molar refractivity (Wildman–Crippen MR) is 77.9 cm³/mol. The van der Waals surface area contributed by atoms with E-state index in [-0.39, 0.29) is 0 Å². The largest absolute Gasteiger partial charge is 0.319 e. The highest BCUT2D eigenvalue weighted by molar-refractivity contribution is 6.70. The van der Waals surface area contributed by atoms with Crippen molar-refractivity contribution in [2.45, 2.75) is 19.5 Å². The zero-order valence-corrected chi connectivity index (χ0v) is 12.0. The molecule has 0 bridgehead atoms. The standard InChI is InChI=1S/C14H20N2Si/c1-15-9-8-11-4-6-13-12(10-11)5-7-14(16-13)17(2)3/h4-7,10,15,17H,8-9H2,1-3H3. The molecule has 0 amide bonds. The summed E-state index contributed by atoms with van der Waals surface area (Å²) in [5, 5.41) is 5.75. The first-order valence-electron chi connectivity index (χ1n) is 6.25. The van der Waals surface area contributed by atoms with Crippen molar-refractivity contribution in [3.05, 3.63) is 35.9 Å². The van der Waals surface area contributed by atoms with E-state index in [1.165, 1.54) is 16.3 Å². The van der Waals surface area contributed by atoms with Gasteiger partial charge in [-0.2, -0.15) is 0 Å². The van der Waals surface area contributed by atoms with Gasteiger partial charge >= 0.3 is 0 Å². The lowest BCUT2D eigenvalue weighted by molar-refractivity contribution is 0.792. The van der Waals surface area contributed by atoms with E-state index in [0.29, 0.717) is 0 Å². The summed E-state index contributed by atoms with van der Waals surface area (Å²) in [7, 11) is 1.20. The predicted octanol–water partition coefficient (Wildman–Crippen LogP) is 1.69. The number of fused-ring (bicyclic) bond motifs is 1. The molecule has 90 valence electrons. The van der Waals surface area contributed by atoms with Crippen LogP contribution in [0.2, 0.25) is 13.1 Å². The van der Waals surface area contributed by atoms with E-state index in [1.807, 2.05) is 7.05 Å². The molecule has 2 rings (SSSR count). The normalized spacial score (nSPS) is 11.3. The second-order valence-electron chi connectivity index (χ2n) is 4.77. The average molecular weight is 244 g/mol. The van der Waals surface area contributed by atoms with Gasteiger partial charge in [0, 0.05) is 10.7 Å². The lowest BCUT2D eigenvalue weighted by atomic mass is 10.1. The molecule has 0 aliphatic carbocycles. The topological polar surface area (TPSA) is 24.9 Å². The van der Waals surface area contributed by atoms with E-state index in [2.05, 4.69) is 48.7 Å². The molecule has 0 unspecified atom stereocenters. The van der Waals surface area contributed by atoms with Crippen molar-refractivity contribution in [3.63, 3.8) is 0 Å². The number of likely N-dealkylation sites (N-methyl/N-ethyl adjacent to an activating group) is 1. The van der Waals surface area contributed by atoms with Gasteiger partial charge < -0.3 is 5.32 Å². The highest BCUT2D eigenvalue weighted by atomic mass is 28.3. The van der Waals surface area contributed by atoms with Crippen molar-refractivity contribution in [3.8, 4) is 0 Å². The molecule has 0 atom stereocenters. The van der Waals surface area contributed by atoms with E-state index >= 15 is 0 Å². The Morgan fingerprint density at radius 1 is 1.18 bits per heavy atom. The summed E-state index contributed by atoms with van der Waals surface area (Å²) in [6.07, 6.45) is 1.08. The maximum absolute atomic E-state index is 4.74. The Morgan fingerprint density at radius 3 is 2.71 bits per heavy atom. The minimum Gasteiger partial charge on any atom is -0.319 e. The van der Waals surface area contributed by atoms with Crippen LogP contribution in [0, 0.1) is 0 Å². The van der Waals surface area contributed by atoms with Crippen LogP contribution in [0.25, 0.3) is 10.9 Å². The van der Waals surface area contributed by atoms with Gasteiger partial charge in [0.15, 0.2) is 0 Å². The Morgan fingerprint density at radius 2 is 2.00 bits per heavy atom. The fourth-order valence-electron chi connectivity index (χ4n) is 1.94. The Hall–Kier alpha value is -1.19. The molecule has 1 N–H and O–H groups in total. The fraction of sp³-hybridized carbons (Fsp3) is 0.357. The van der Waals surface area contributed by atoms with Gasteiger partial charge in [0.1, 0.15) is 0 Å². The maximum atomic E-state index is 4.74. The first-order valence-corrected chi connectivity index (χ1v) is 9.13. The number of nitrogens with zero attached hydrogens (tertiary/aromatic N) is 1. The van der Waals surface area contributed by atoms with E-state index in [9.17, 15) is 0 Å². The minimum atomic E-state index is -0.788. The first kappa shape index (κ1) is 12.3. The molecular weight excluding hydrogens is 224 g/mol. The van der Waals surface area contributed by atoms with Gasteiger partial charge in [-0.1, -0.05) is 25.2 Å². The molecule has 1 aromatic carbocycles. The SMILES string of the molecule is CNCCc1ccc2nc([SiH](C)C)ccc2c1. The van der Waals surface area contributed by atoms with E-state index in [4.69, 9.17) is 4.98 Å². The molecule has 1 heterocycles. The molecule has 2 nitrogen and oxygen atoms in total. The van der Waals surface area contributed by atoms with Gasteiger partial charge in [0.25, 0.3) is 0 Å². The van der Waals surface area contributed by atoms with Crippen LogP contribution in [0.4, 0.5) is 0 Å². The van der Waals surface area contributed by atoms with Crippen LogP contribution in [0.15, 0.2) is 30.3 Å². The second kappa shape index (κ2) is 5.43. The number of benzene rings is 1. The van der Waals surface area contributed by atoms with Gasteiger partial charge in [0.2, 0.25) is 0 Å². The number of hydrogen-bond donors (Lipinski definition) is 1. The summed E-state index contributed by atoms with van der Waals surface area (Å²) < 4.78 is 0. The lowest BCUT2D eigenvalue weighted by Gasteiger charge is -2.07. The van der Waals surface area contributed by atoms with Crippen molar-refractivity contribution >= 4 is 25.0 Å². The molecule has 0 fully saturated rings. The van der Waals surface area contributed by atoms with Crippen molar-refractivity contribution in [2.24, 2.45) is 0 Å². The number of aromatic nitrogens is 1. The number of nitrogens with one attached hydrogen (secondary N) is 1. The Balaban J connectivity index is 2.33. The molecule has 0 spiro atoms. The summed E-state index contributed by atoms with van der Waals surface area (Å²) >= 11 is 0. The molecule has 0 saturated heterocycles. The molecule has 3 heteroatoms.